The van der Waals surface area contributed by atoms with Gasteiger partial charge in [0.1, 0.15) is 12.3 Å². The second-order valence-electron chi connectivity index (χ2n) is 4.39. The number of hydrogen-bond donors (Lipinski definition) is 2. The molecule has 0 saturated heterocycles. The van der Waals surface area contributed by atoms with Gasteiger partial charge in [-0.15, -0.1) is 0 Å². The summed E-state index contributed by atoms with van der Waals surface area (Å²) < 4.78 is 5.77. The van der Waals surface area contributed by atoms with Crippen molar-refractivity contribution in [1.82, 2.24) is 4.90 Å². The molecule has 0 atom stereocenters. The molecule has 0 saturated carbocycles. The van der Waals surface area contributed by atoms with Crippen molar-refractivity contribution in [2.45, 2.75) is 19.9 Å². The molecule has 0 bridgehead atoms. The first-order valence-electron chi connectivity index (χ1n) is 5.98. The molecular formula is C13H17BrN2O4. The number of methoxy groups -OCH3 is 1. The first kappa shape index (κ1) is 16.3. The van der Waals surface area contributed by atoms with Crippen LogP contribution in [0.2, 0.25) is 0 Å². The minimum absolute atomic E-state index is 0.226. The van der Waals surface area contributed by atoms with Crippen LogP contribution in [0.4, 0.5) is 10.5 Å². The molecule has 20 heavy (non-hydrogen) atoms. The zero-order chi connectivity index (χ0) is 15.3. The predicted molar refractivity (Wildman–Crippen MR) is 79.2 cm³/mol. The highest BCUT2D eigenvalue weighted by Gasteiger charge is 2.20. The van der Waals surface area contributed by atoms with E-state index in [9.17, 15) is 9.59 Å². The monoisotopic (exact) mass is 344 g/mol. The van der Waals surface area contributed by atoms with Crippen LogP contribution in [0.15, 0.2) is 22.7 Å². The predicted octanol–water partition coefficient (Wildman–Crippen LogP) is 2.78. The van der Waals surface area contributed by atoms with E-state index in [2.05, 4.69) is 21.2 Å². The van der Waals surface area contributed by atoms with Crippen molar-refractivity contribution in [2.75, 3.05) is 19.0 Å². The minimum atomic E-state index is -1.06. The molecule has 0 spiro atoms. The molecule has 110 valence electrons. The fourth-order valence-electron chi connectivity index (χ4n) is 1.55. The standard InChI is InChI=1S/C13H17BrN2O4/c1-8(2)16(7-12(17)18)13(19)15-11-6-9(20-3)4-5-10(11)14/h4-6,8H,7H2,1-3H3,(H,15,19)(H,17,18). The second kappa shape index (κ2) is 7.14. The molecule has 1 aromatic rings. The number of amides is 2. The van der Waals surface area contributed by atoms with Gasteiger partial charge in [-0.1, -0.05) is 0 Å². The maximum absolute atomic E-state index is 12.1. The SMILES string of the molecule is COc1ccc(Br)c(NC(=O)N(CC(=O)O)C(C)C)c1. The Morgan fingerprint density at radius 3 is 2.60 bits per heavy atom. The van der Waals surface area contributed by atoms with Crippen molar-refractivity contribution in [3.63, 3.8) is 0 Å². The zero-order valence-electron chi connectivity index (χ0n) is 11.5. The number of nitrogens with one attached hydrogen (secondary N) is 1. The first-order chi connectivity index (χ1) is 9.35. The quantitative estimate of drug-likeness (QED) is 0.860. The molecule has 7 heteroatoms. The molecule has 2 N–H and O–H groups in total. The van der Waals surface area contributed by atoms with Crippen LogP contribution in [0.5, 0.6) is 5.75 Å². The van der Waals surface area contributed by atoms with Crippen LogP contribution in [-0.2, 0) is 4.79 Å². The lowest BCUT2D eigenvalue weighted by Gasteiger charge is -2.25. The Balaban J connectivity index is 2.90. The zero-order valence-corrected chi connectivity index (χ0v) is 13.1. The van der Waals surface area contributed by atoms with E-state index in [1.54, 1.807) is 32.0 Å². The Hall–Kier alpha value is -1.76. The van der Waals surface area contributed by atoms with Crippen LogP contribution in [0.25, 0.3) is 0 Å². The van der Waals surface area contributed by atoms with Gasteiger partial charge in [0.25, 0.3) is 0 Å². The summed E-state index contributed by atoms with van der Waals surface area (Å²) in [5, 5.41) is 11.5. The van der Waals surface area contributed by atoms with Gasteiger partial charge in [0.05, 0.1) is 12.8 Å². The fourth-order valence-corrected chi connectivity index (χ4v) is 1.89. The van der Waals surface area contributed by atoms with Crippen molar-refractivity contribution in [1.29, 1.82) is 0 Å². The topological polar surface area (TPSA) is 78.9 Å². The number of nitrogens with zero attached hydrogens (tertiary/aromatic N) is 1. The number of carbonyl (C=O) groups is 2. The smallest absolute Gasteiger partial charge is 0.323 e. The lowest BCUT2D eigenvalue weighted by atomic mass is 10.3. The summed E-state index contributed by atoms with van der Waals surface area (Å²) >= 11 is 3.32. The number of carboxylic acid groups (broad SMARTS) is 1. The Morgan fingerprint density at radius 1 is 1.45 bits per heavy atom. The molecule has 0 aliphatic heterocycles. The highest BCUT2D eigenvalue weighted by atomic mass is 79.9. The number of carbonyl (C=O) groups excluding carboxylic acids is 1. The van der Waals surface area contributed by atoms with Gasteiger partial charge in [-0.25, -0.2) is 4.79 Å². The molecule has 0 radical (unpaired) electrons. The third kappa shape index (κ3) is 4.41. The van der Waals surface area contributed by atoms with Crippen LogP contribution < -0.4 is 10.1 Å². The molecule has 0 aromatic heterocycles. The second-order valence-corrected chi connectivity index (χ2v) is 5.25. The van der Waals surface area contributed by atoms with Crippen LogP contribution in [0, 0.1) is 0 Å². The number of aliphatic carboxylic acids is 1. The molecule has 0 fully saturated rings. The van der Waals surface area contributed by atoms with Crippen molar-refractivity contribution < 1.29 is 19.4 Å². The molecule has 0 unspecified atom stereocenters. The number of carboxylic acids is 1. The number of anilines is 1. The minimum Gasteiger partial charge on any atom is -0.497 e. The molecular weight excluding hydrogens is 328 g/mol. The van der Waals surface area contributed by atoms with Crippen molar-refractivity contribution >= 4 is 33.6 Å². The van der Waals surface area contributed by atoms with E-state index in [-0.39, 0.29) is 12.6 Å². The average Bonchev–Trinajstić information content (AvgIpc) is 2.37. The van der Waals surface area contributed by atoms with Gasteiger partial charge in [-0.05, 0) is 41.9 Å². The molecule has 0 heterocycles. The Kier molecular flexibility index (Phi) is 5.82. The number of rotatable bonds is 5. The summed E-state index contributed by atoms with van der Waals surface area (Å²) in [5.74, 6) is -0.462. The van der Waals surface area contributed by atoms with Gasteiger partial charge in [0.15, 0.2) is 0 Å². The summed E-state index contributed by atoms with van der Waals surface area (Å²) in [6, 6.07) is 4.44. The first-order valence-corrected chi connectivity index (χ1v) is 6.77. The Labute approximate surface area is 125 Å². The summed E-state index contributed by atoms with van der Waals surface area (Å²) in [6.45, 7) is 3.15. The third-order valence-electron chi connectivity index (χ3n) is 2.60. The summed E-state index contributed by atoms with van der Waals surface area (Å²) in [7, 11) is 1.53. The van der Waals surface area contributed by atoms with Gasteiger partial charge < -0.3 is 20.1 Å². The van der Waals surface area contributed by atoms with E-state index in [1.165, 1.54) is 12.0 Å². The van der Waals surface area contributed by atoms with E-state index in [0.29, 0.717) is 15.9 Å². The average molecular weight is 345 g/mol. The Bertz CT molecular complexity index is 505. The molecule has 1 rings (SSSR count). The number of benzene rings is 1. The summed E-state index contributed by atoms with van der Waals surface area (Å²) in [4.78, 5) is 24.1. The van der Waals surface area contributed by atoms with E-state index in [0.717, 1.165) is 0 Å². The summed E-state index contributed by atoms with van der Waals surface area (Å²) in [5.41, 5.74) is 0.519. The molecule has 0 aliphatic rings. The Morgan fingerprint density at radius 2 is 2.10 bits per heavy atom. The largest absolute Gasteiger partial charge is 0.497 e. The number of halogens is 1. The number of ether oxygens (including phenoxy) is 1. The lowest BCUT2D eigenvalue weighted by molar-refractivity contribution is -0.137. The van der Waals surface area contributed by atoms with Crippen LogP contribution >= 0.6 is 15.9 Å². The summed E-state index contributed by atoms with van der Waals surface area (Å²) in [6.07, 6.45) is 0. The molecule has 6 nitrogen and oxygen atoms in total. The van der Waals surface area contributed by atoms with Gasteiger partial charge >= 0.3 is 12.0 Å². The van der Waals surface area contributed by atoms with Crippen LogP contribution in [-0.4, -0.2) is 41.7 Å². The van der Waals surface area contributed by atoms with Gasteiger partial charge in [-0.3, -0.25) is 4.79 Å². The van der Waals surface area contributed by atoms with Gasteiger partial charge in [0, 0.05) is 16.6 Å². The van der Waals surface area contributed by atoms with Crippen LogP contribution in [0.3, 0.4) is 0 Å². The molecule has 2 amide bonds. The van der Waals surface area contributed by atoms with Gasteiger partial charge in [-0.2, -0.15) is 0 Å². The van der Waals surface area contributed by atoms with Crippen molar-refractivity contribution in [3.05, 3.63) is 22.7 Å². The normalized spacial score (nSPS) is 10.2. The van der Waals surface area contributed by atoms with Crippen molar-refractivity contribution in [2.24, 2.45) is 0 Å². The van der Waals surface area contributed by atoms with E-state index in [1.807, 2.05) is 0 Å². The highest BCUT2D eigenvalue weighted by molar-refractivity contribution is 9.10. The van der Waals surface area contributed by atoms with Crippen LogP contribution in [0.1, 0.15) is 13.8 Å². The van der Waals surface area contributed by atoms with E-state index < -0.39 is 12.0 Å². The number of urea groups is 1. The third-order valence-corrected chi connectivity index (χ3v) is 3.30. The molecule has 0 aliphatic carbocycles. The van der Waals surface area contributed by atoms with E-state index in [4.69, 9.17) is 9.84 Å². The maximum Gasteiger partial charge on any atom is 0.323 e. The molecule has 1 aromatic carbocycles. The number of hydrogen-bond acceptors (Lipinski definition) is 3. The highest BCUT2D eigenvalue weighted by Crippen LogP contribution is 2.27. The lowest BCUT2D eigenvalue weighted by Crippen LogP contribution is -2.43. The van der Waals surface area contributed by atoms with E-state index >= 15 is 0 Å². The maximum atomic E-state index is 12.1. The van der Waals surface area contributed by atoms with Gasteiger partial charge in [0.2, 0.25) is 0 Å². The fraction of sp³-hybridized carbons (Fsp3) is 0.385. The van der Waals surface area contributed by atoms with Crippen molar-refractivity contribution in [3.8, 4) is 5.75 Å².